The fourth-order valence-electron chi connectivity index (χ4n) is 2.52. The quantitative estimate of drug-likeness (QED) is 0.631. The number of fused-ring (bicyclic) bond motifs is 1. The number of ether oxygens (including phenoxy) is 1. The largest absolute Gasteiger partial charge is 0.496 e. The van der Waals surface area contributed by atoms with Gasteiger partial charge in [-0.3, -0.25) is 0 Å². The van der Waals surface area contributed by atoms with Crippen LogP contribution in [0.1, 0.15) is 5.56 Å². The minimum Gasteiger partial charge on any atom is -0.496 e. The van der Waals surface area contributed by atoms with Crippen LogP contribution in [0.15, 0.2) is 60.7 Å². The van der Waals surface area contributed by atoms with Gasteiger partial charge in [0.15, 0.2) is 0 Å². The third kappa shape index (κ3) is 2.08. The molecule has 19 heavy (non-hydrogen) atoms. The molecular weight excluding hydrogens is 232 g/mol. The number of hydrogen-bond donors (Lipinski definition) is 0. The Balaban J connectivity index is 2.22. The van der Waals surface area contributed by atoms with Gasteiger partial charge in [-0.15, -0.1) is 0 Å². The monoisotopic (exact) mass is 248 g/mol. The van der Waals surface area contributed by atoms with Crippen molar-refractivity contribution in [1.82, 2.24) is 0 Å². The molecule has 1 nitrogen and oxygen atoms in total. The average Bonchev–Trinajstić information content (AvgIpc) is 2.46. The molecule has 0 spiro atoms. The van der Waals surface area contributed by atoms with Crippen molar-refractivity contribution in [3.05, 3.63) is 66.2 Å². The van der Waals surface area contributed by atoms with Crippen LogP contribution in [-0.2, 0) is 0 Å². The molecule has 0 amide bonds. The standard InChI is InChI=1S/C18H16O/c1-13-12-15(10-11-18(13)19-2)17-9-5-7-14-6-3-4-8-16(14)17/h3-12H,1-2H3. The Kier molecular flexibility index (Phi) is 2.96. The number of benzene rings is 3. The van der Waals surface area contributed by atoms with Crippen molar-refractivity contribution in [2.45, 2.75) is 6.92 Å². The Hall–Kier alpha value is -2.28. The lowest BCUT2D eigenvalue weighted by Crippen LogP contribution is -1.88. The molecule has 0 fully saturated rings. The summed E-state index contributed by atoms with van der Waals surface area (Å²) in [6.07, 6.45) is 0. The second-order valence-corrected chi connectivity index (χ2v) is 4.71. The van der Waals surface area contributed by atoms with Crippen molar-refractivity contribution in [3.63, 3.8) is 0 Å². The predicted octanol–water partition coefficient (Wildman–Crippen LogP) is 4.82. The number of methoxy groups -OCH3 is 1. The fraction of sp³-hybridized carbons (Fsp3) is 0.111. The molecule has 0 heterocycles. The van der Waals surface area contributed by atoms with E-state index in [1.807, 2.05) is 6.07 Å². The Morgan fingerprint density at radius 1 is 0.842 bits per heavy atom. The predicted molar refractivity (Wildman–Crippen MR) is 80.7 cm³/mol. The molecule has 0 unspecified atom stereocenters. The summed E-state index contributed by atoms with van der Waals surface area (Å²) in [5.41, 5.74) is 3.66. The normalized spacial score (nSPS) is 10.6. The van der Waals surface area contributed by atoms with Crippen LogP contribution in [0, 0.1) is 6.92 Å². The van der Waals surface area contributed by atoms with Gasteiger partial charge in [-0.25, -0.2) is 0 Å². The molecule has 0 N–H and O–H groups in total. The minimum atomic E-state index is 0.934. The maximum atomic E-state index is 5.32. The SMILES string of the molecule is COc1ccc(-c2cccc3ccccc23)cc1C. The summed E-state index contributed by atoms with van der Waals surface area (Å²) in [6.45, 7) is 2.08. The van der Waals surface area contributed by atoms with E-state index in [-0.39, 0.29) is 0 Å². The van der Waals surface area contributed by atoms with Crippen molar-refractivity contribution < 1.29 is 4.74 Å². The van der Waals surface area contributed by atoms with Crippen LogP contribution in [0.25, 0.3) is 21.9 Å². The molecule has 0 radical (unpaired) electrons. The van der Waals surface area contributed by atoms with Gasteiger partial charge in [-0.05, 0) is 46.5 Å². The van der Waals surface area contributed by atoms with E-state index in [0.717, 1.165) is 11.3 Å². The summed E-state index contributed by atoms with van der Waals surface area (Å²) in [4.78, 5) is 0. The molecule has 0 aliphatic heterocycles. The molecule has 0 aliphatic rings. The van der Waals surface area contributed by atoms with Gasteiger partial charge in [0.2, 0.25) is 0 Å². The Bertz CT molecular complexity index is 723. The second kappa shape index (κ2) is 4.77. The van der Waals surface area contributed by atoms with Gasteiger partial charge in [-0.2, -0.15) is 0 Å². The first-order chi connectivity index (χ1) is 9.29. The molecule has 0 saturated carbocycles. The summed E-state index contributed by atoms with van der Waals surface area (Å²) >= 11 is 0. The second-order valence-electron chi connectivity index (χ2n) is 4.71. The van der Waals surface area contributed by atoms with Crippen molar-refractivity contribution in [2.24, 2.45) is 0 Å². The van der Waals surface area contributed by atoms with E-state index in [9.17, 15) is 0 Å². The maximum absolute atomic E-state index is 5.32. The van der Waals surface area contributed by atoms with Crippen LogP contribution in [0.2, 0.25) is 0 Å². The molecule has 0 aliphatic carbocycles. The molecule has 0 bridgehead atoms. The lowest BCUT2D eigenvalue weighted by atomic mass is 9.97. The van der Waals surface area contributed by atoms with Gasteiger partial charge in [0.05, 0.1) is 7.11 Å². The van der Waals surface area contributed by atoms with Gasteiger partial charge in [-0.1, -0.05) is 48.5 Å². The highest BCUT2D eigenvalue weighted by molar-refractivity contribution is 5.96. The summed E-state index contributed by atoms with van der Waals surface area (Å²) in [5, 5.41) is 2.56. The lowest BCUT2D eigenvalue weighted by molar-refractivity contribution is 0.412. The smallest absolute Gasteiger partial charge is 0.121 e. The minimum absolute atomic E-state index is 0.934. The molecule has 94 valence electrons. The highest BCUT2D eigenvalue weighted by Crippen LogP contribution is 2.31. The first kappa shape index (κ1) is 11.8. The van der Waals surface area contributed by atoms with Crippen LogP contribution in [0.5, 0.6) is 5.75 Å². The maximum Gasteiger partial charge on any atom is 0.121 e. The fourth-order valence-corrected chi connectivity index (χ4v) is 2.52. The van der Waals surface area contributed by atoms with E-state index >= 15 is 0 Å². The zero-order chi connectivity index (χ0) is 13.2. The van der Waals surface area contributed by atoms with E-state index in [0.29, 0.717) is 0 Å². The summed E-state index contributed by atoms with van der Waals surface area (Å²) in [5.74, 6) is 0.934. The van der Waals surface area contributed by atoms with Crippen molar-refractivity contribution >= 4 is 10.8 Å². The number of hydrogen-bond acceptors (Lipinski definition) is 1. The highest BCUT2D eigenvalue weighted by atomic mass is 16.5. The number of aryl methyl sites for hydroxylation is 1. The van der Waals surface area contributed by atoms with E-state index < -0.39 is 0 Å². The topological polar surface area (TPSA) is 9.23 Å². The molecule has 0 atom stereocenters. The summed E-state index contributed by atoms with van der Waals surface area (Å²) < 4.78 is 5.32. The van der Waals surface area contributed by atoms with Crippen molar-refractivity contribution in [1.29, 1.82) is 0 Å². The van der Waals surface area contributed by atoms with E-state index in [1.54, 1.807) is 7.11 Å². The number of rotatable bonds is 2. The Morgan fingerprint density at radius 2 is 1.63 bits per heavy atom. The van der Waals surface area contributed by atoms with Gasteiger partial charge in [0.1, 0.15) is 5.75 Å². The van der Waals surface area contributed by atoms with Crippen molar-refractivity contribution in [2.75, 3.05) is 7.11 Å². The third-order valence-corrected chi connectivity index (χ3v) is 3.50. The van der Waals surface area contributed by atoms with Crippen LogP contribution >= 0.6 is 0 Å². The van der Waals surface area contributed by atoms with Gasteiger partial charge >= 0.3 is 0 Å². The lowest BCUT2D eigenvalue weighted by Gasteiger charge is -2.10. The van der Waals surface area contributed by atoms with Crippen LogP contribution < -0.4 is 4.74 Å². The molecule has 3 aromatic carbocycles. The van der Waals surface area contributed by atoms with E-state index in [2.05, 4.69) is 61.5 Å². The van der Waals surface area contributed by atoms with Crippen molar-refractivity contribution in [3.8, 4) is 16.9 Å². The molecule has 3 rings (SSSR count). The third-order valence-electron chi connectivity index (χ3n) is 3.50. The summed E-state index contributed by atoms with van der Waals surface area (Å²) in [7, 11) is 1.71. The molecule has 0 aromatic heterocycles. The van der Waals surface area contributed by atoms with Crippen LogP contribution in [-0.4, -0.2) is 7.11 Å². The average molecular weight is 248 g/mol. The zero-order valence-electron chi connectivity index (χ0n) is 11.2. The van der Waals surface area contributed by atoms with E-state index in [1.165, 1.54) is 21.9 Å². The van der Waals surface area contributed by atoms with Gasteiger partial charge in [0, 0.05) is 0 Å². The Morgan fingerprint density at radius 3 is 2.42 bits per heavy atom. The molecule has 3 aromatic rings. The first-order valence-corrected chi connectivity index (χ1v) is 6.42. The van der Waals surface area contributed by atoms with Gasteiger partial charge < -0.3 is 4.74 Å². The molecular formula is C18H16O. The highest BCUT2D eigenvalue weighted by Gasteiger charge is 2.05. The van der Waals surface area contributed by atoms with Crippen LogP contribution in [0.4, 0.5) is 0 Å². The molecule has 0 saturated heterocycles. The van der Waals surface area contributed by atoms with Crippen LogP contribution in [0.3, 0.4) is 0 Å². The van der Waals surface area contributed by atoms with E-state index in [4.69, 9.17) is 4.74 Å². The zero-order valence-corrected chi connectivity index (χ0v) is 11.2. The van der Waals surface area contributed by atoms with Gasteiger partial charge in [0.25, 0.3) is 0 Å². The molecule has 1 heteroatoms. The Labute approximate surface area is 113 Å². The first-order valence-electron chi connectivity index (χ1n) is 6.42. The summed E-state index contributed by atoms with van der Waals surface area (Å²) in [6, 6.07) is 21.2.